The summed E-state index contributed by atoms with van der Waals surface area (Å²) in [5.41, 5.74) is -0.198. The second-order valence-corrected chi connectivity index (χ2v) is 7.83. The smallest absolute Gasteiger partial charge is 0.157 e. The minimum atomic E-state index is -0.173. The van der Waals surface area contributed by atoms with Gasteiger partial charge in [0.15, 0.2) is 5.78 Å². The summed E-state index contributed by atoms with van der Waals surface area (Å²) in [6.07, 6.45) is 5.88. The Morgan fingerprint density at radius 2 is 2.12 bits per heavy atom. The number of fused-ring (bicyclic) bond motifs is 1. The van der Waals surface area contributed by atoms with E-state index in [2.05, 4.69) is 43.4 Å². The number of halogens is 1. The van der Waals surface area contributed by atoms with Crippen LogP contribution in [0.4, 0.5) is 0 Å². The Kier molecular flexibility index (Phi) is 2.39. The van der Waals surface area contributed by atoms with Crippen LogP contribution in [-0.2, 0) is 9.53 Å². The van der Waals surface area contributed by atoms with E-state index < -0.39 is 0 Å². The fourth-order valence-corrected chi connectivity index (χ4v) is 5.37. The van der Waals surface area contributed by atoms with Crippen LogP contribution in [0.25, 0.3) is 0 Å². The van der Waals surface area contributed by atoms with Crippen LogP contribution >= 0.6 is 22.6 Å². The first-order valence-electron chi connectivity index (χ1n) is 6.40. The molecule has 0 aromatic rings. The molecule has 3 heteroatoms. The van der Waals surface area contributed by atoms with Crippen LogP contribution in [0.5, 0.6) is 0 Å². The van der Waals surface area contributed by atoms with Gasteiger partial charge < -0.3 is 4.74 Å². The van der Waals surface area contributed by atoms with E-state index in [0.29, 0.717) is 12.3 Å². The van der Waals surface area contributed by atoms with Crippen molar-refractivity contribution in [1.82, 2.24) is 0 Å². The molecule has 0 amide bonds. The van der Waals surface area contributed by atoms with Crippen LogP contribution in [0.1, 0.15) is 46.5 Å². The van der Waals surface area contributed by atoms with Gasteiger partial charge in [0.25, 0.3) is 0 Å². The molecule has 0 aromatic carbocycles. The molecule has 3 rings (SSSR count). The number of ketones is 1. The van der Waals surface area contributed by atoms with Crippen molar-refractivity contribution in [2.24, 2.45) is 11.3 Å². The van der Waals surface area contributed by atoms with Crippen molar-refractivity contribution in [2.45, 2.75) is 57.7 Å². The summed E-state index contributed by atoms with van der Waals surface area (Å²) in [6.45, 7) is 6.66. The van der Waals surface area contributed by atoms with Crippen LogP contribution in [0.3, 0.4) is 0 Å². The molecule has 17 heavy (non-hydrogen) atoms. The predicted molar refractivity (Wildman–Crippen MR) is 75.1 cm³/mol. The Labute approximate surface area is 116 Å². The van der Waals surface area contributed by atoms with Crippen molar-refractivity contribution in [2.75, 3.05) is 0 Å². The molecule has 1 spiro atoms. The second kappa shape index (κ2) is 3.35. The van der Waals surface area contributed by atoms with Crippen LogP contribution in [-0.4, -0.2) is 17.0 Å². The third kappa shape index (κ3) is 1.44. The zero-order chi connectivity index (χ0) is 12.5. The highest BCUT2D eigenvalue weighted by Gasteiger charge is 2.65. The lowest BCUT2D eigenvalue weighted by molar-refractivity contribution is -0.140. The van der Waals surface area contributed by atoms with E-state index in [4.69, 9.17) is 4.74 Å². The molecule has 0 aromatic heterocycles. The van der Waals surface area contributed by atoms with Crippen LogP contribution < -0.4 is 0 Å². The average molecular weight is 346 g/mol. The summed E-state index contributed by atoms with van der Waals surface area (Å²) in [4.78, 5) is 11.8. The maximum atomic E-state index is 11.8. The van der Waals surface area contributed by atoms with Crippen molar-refractivity contribution in [3.8, 4) is 0 Å². The number of allylic oxidation sites excluding steroid dienone is 1. The number of hydrogen-bond donors (Lipinski definition) is 0. The highest BCUT2D eigenvalue weighted by atomic mass is 127. The quantitative estimate of drug-likeness (QED) is 0.626. The normalized spacial score (nSPS) is 47.6. The van der Waals surface area contributed by atoms with E-state index in [1.54, 1.807) is 0 Å². The van der Waals surface area contributed by atoms with E-state index in [-0.39, 0.29) is 22.4 Å². The van der Waals surface area contributed by atoms with Gasteiger partial charge in [-0.2, -0.15) is 0 Å². The maximum absolute atomic E-state index is 11.8. The summed E-state index contributed by atoms with van der Waals surface area (Å²) in [5, 5.41) is 0. The van der Waals surface area contributed by atoms with Gasteiger partial charge in [0.05, 0.1) is 5.60 Å². The van der Waals surface area contributed by atoms with Crippen LogP contribution in [0.15, 0.2) is 9.66 Å². The van der Waals surface area contributed by atoms with Gasteiger partial charge in [0.2, 0.25) is 0 Å². The van der Waals surface area contributed by atoms with Crippen molar-refractivity contribution in [3.63, 3.8) is 0 Å². The first kappa shape index (κ1) is 12.2. The molecule has 3 aliphatic rings. The first-order chi connectivity index (χ1) is 7.79. The largest absolute Gasteiger partial charge is 0.363 e. The molecule has 2 aliphatic carbocycles. The monoisotopic (exact) mass is 346 g/mol. The van der Waals surface area contributed by atoms with Crippen molar-refractivity contribution in [1.29, 1.82) is 0 Å². The number of carbonyl (C=O) groups excluding carboxylic acids is 1. The molecule has 1 saturated carbocycles. The van der Waals surface area contributed by atoms with E-state index in [1.807, 2.05) is 6.08 Å². The minimum absolute atomic E-state index is 0.0135. The molecule has 1 aliphatic heterocycles. The van der Waals surface area contributed by atoms with E-state index in [0.717, 1.165) is 16.4 Å². The zero-order valence-corrected chi connectivity index (χ0v) is 12.8. The number of carbonyl (C=O) groups is 1. The third-order valence-corrected chi connectivity index (χ3v) is 6.39. The number of hydrogen-bond acceptors (Lipinski definition) is 2. The molecule has 0 N–H and O–H groups in total. The second-order valence-electron chi connectivity index (χ2n) is 6.67. The highest BCUT2D eigenvalue weighted by molar-refractivity contribution is 14.1. The van der Waals surface area contributed by atoms with E-state index >= 15 is 0 Å². The molecule has 2 nitrogen and oxygen atoms in total. The fraction of sp³-hybridized carbons (Fsp3) is 0.786. The molecule has 3 atom stereocenters. The van der Waals surface area contributed by atoms with Crippen molar-refractivity contribution >= 4 is 28.4 Å². The minimum Gasteiger partial charge on any atom is -0.363 e. The van der Waals surface area contributed by atoms with Gasteiger partial charge in [-0.1, -0.05) is 6.92 Å². The lowest BCUT2D eigenvalue weighted by Crippen LogP contribution is -2.52. The molecule has 2 fully saturated rings. The number of ether oxygens (including phenoxy) is 1. The first-order valence-corrected chi connectivity index (χ1v) is 7.48. The topological polar surface area (TPSA) is 26.3 Å². The van der Waals surface area contributed by atoms with Gasteiger partial charge in [-0.3, -0.25) is 4.79 Å². The summed E-state index contributed by atoms with van der Waals surface area (Å²) >= 11 is 2.33. The lowest BCUT2D eigenvalue weighted by atomic mass is 9.58. The standard InChI is InChI=1S/C14H19IO2/c1-12(2)9-4-5-13(3)8-10(16)6-11(15)14(13,7-9)17-12/h6,9H,4-5,7-8H2,1-3H3/t9?,13-,14+/m1/s1. The predicted octanol–water partition coefficient (Wildman–Crippen LogP) is 3.63. The lowest BCUT2D eigenvalue weighted by Gasteiger charge is -2.50. The maximum Gasteiger partial charge on any atom is 0.157 e. The fourth-order valence-electron chi connectivity index (χ4n) is 4.04. The Morgan fingerprint density at radius 1 is 1.41 bits per heavy atom. The van der Waals surface area contributed by atoms with Crippen LogP contribution in [0.2, 0.25) is 0 Å². The van der Waals surface area contributed by atoms with Gasteiger partial charge in [-0.25, -0.2) is 0 Å². The molecule has 1 saturated heterocycles. The molecule has 0 radical (unpaired) electrons. The molecule has 1 heterocycles. The summed E-state index contributed by atoms with van der Waals surface area (Å²) in [7, 11) is 0. The summed E-state index contributed by atoms with van der Waals surface area (Å²) in [6, 6.07) is 0. The Hall–Kier alpha value is 0.100. The molecular formula is C14H19IO2. The van der Waals surface area contributed by atoms with E-state index in [9.17, 15) is 4.79 Å². The SMILES string of the molecule is CC1(C)O[C@]23CC1CC[C@]2(C)CC(=O)C=C3I. The highest BCUT2D eigenvalue weighted by Crippen LogP contribution is 2.65. The Morgan fingerprint density at radius 3 is 2.82 bits per heavy atom. The summed E-state index contributed by atoms with van der Waals surface area (Å²) < 4.78 is 7.63. The molecule has 1 unspecified atom stereocenters. The molecule has 94 valence electrons. The van der Waals surface area contributed by atoms with Gasteiger partial charge >= 0.3 is 0 Å². The Bertz CT molecular complexity index is 426. The summed E-state index contributed by atoms with van der Waals surface area (Å²) in [5.74, 6) is 0.913. The number of rotatable bonds is 0. The van der Waals surface area contributed by atoms with Gasteiger partial charge in [0.1, 0.15) is 5.60 Å². The van der Waals surface area contributed by atoms with Crippen molar-refractivity contribution in [3.05, 3.63) is 9.66 Å². The van der Waals surface area contributed by atoms with Crippen molar-refractivity contribution < 1.29 is 9.53 Å². The van der Waals surface area contributed by atoms with Crippen LogP contribution in [0, 0.1) is 11.3 Å². The Balaban J connectivity index is 2.14. The molecule has 2 bridgehead atoms. The van der Waals surface area contributed by atoms with Gasteiger partial charge in [-0.05, 0) is 67.7 Å². The third-order valence-electron chi connectivity index (χ3n) is 5.21. The van der Waals surface area contributed by atoms with Gasteiger partial charge in [-0.15, -0.1) is 0 Å². The van der Waals surface area contributed by atoms with Gasteiger partial charge in [0, 0.05) is 15.4 Å². The van der Waals surface area contributed by atoms with E-state index in [1.165, 1.54) is 6.42 Å². The molecular weight excluding hydrogens is 327 g/mol. The zero-order valence-electron chi connectivity index (χ0n) is 10.7. The average Bonchev–Trinajstić information content (AvgIpc) is 2.42.